The zero-order chi connectivity index (χ0) is 18.7. The Bertz CT molecular complexity index is 836. The second kappa shape index (κ2) is 7.19. The maximum absolute atomic E-state index is 13.2. The topological polar surface area (TPSA) is 86.5 Å². The van der Waals surface area contributed by atoms with Crippen molar-refractivity contribution in [1.29, 1.82) is 0 Å². The first-order chi connectivity index (χ1) is 11.6. The number of non-ortho nitro benzene ring substituents is 1. The maximum atomic E-state index is 13.2. The Hall–Kier alpha value is -2.46. The minimum Gasteiger partial charge on any atom is -0.265 e. The summed E-state index contributed by atoms with van der Waals surface area (Å²) in [5, 5.41) is 10.5. The highest BCUT2D eigenvalue weighted by atomic mass is 32.2. The second-order valence-electron chi connectivity index (χ2n) is 4.99. The Morgan fingerprint density at radius 3 is 2.08 bits per heavy atom. The van der Waals surface area contributed by atoms with Gasteiger partial charge in [0.15, 0.2) is 0 Å². The van der Waals surface area contributed by atoms with Gasteiger partial charge in [-0.2, -0.15) is 21.6 Å². The van der Waals surface area contributed by atoms with Crippen LogP contribution in [-0.4, -0.2) is 26.1 Å². The number of nitro groups is 1. The molecule has 1 atom stereocenters. The van der Waals surface area contributed by atoms with E-state index in [2.05, 4.69) is 4.18 Å². The predicted molar refractivity (Wildman–Crippen MR) is 81.5 cm³/mol. The summed E-state index contributed by atoms with van der Waals surface area (Å²) in [6, 6.07) is 10.4. The first kappa shape index (κ1) is 18.9. The van der Waals surface area contributed by atoms with E-state index in [1.807, 2.05) is 0 Å². The van der Waals surface area contributed by atoms with E-state index >= 15 is 0 Å². The van der Waals surface area contributed by atoms with E-state index in [1.54, 1.807) is 0 Å². The molecular weight excluding hydrogens is 363 g/mol. The molecule has 134 valence electrons. The van der Waals surface area contributed by atoms with Crippen LogP contribution < -0.4 is 0 Å². The number of halogens is 3. The lowest BCUT2D eigenvalue weighted by Gasteiger charge is -2.20. The summed E-state index contributed by atoms with van der Waals surface area (Å²) in [7, 11) is -4.49. The third-order valence-electron chi connectivity index (χ3n) is 3.32. The van der Waals surface area contributed by atoms with E-state index in [0.717, 1.165) is 24.3 Å². The molecule has 2 aromatic carbocycles. The van der Waals surface area contributed by atoms with E-state index in [4.69, 9.17) is 0 Å². The van der Waals surface area contributed by atoms with E-state index in [1.165, 1.54) is 30.3 Å². The van der Waals surface area contributed by atoms with Gasteiger partial charge >= 0.3 is 6.18 Å². The smallest absolute Gasteiger partial charge is 0.265 e. The Balaban J connectivity index is 2.20. The van der Waals surface area contributed by atoms with Crippen molar-refractivity contribution in [3.8, 4) is 0 Å². The van der Waals surface area contributed by atoms with Gasteiger partial charge in [-0.3, -0.25) is 14.3 Å². The zero-order valence-electron chi connectivity index (χ0n) is 12.5. The summed E-state index contributed by atoms with van der Waals surface area (Å²) in [5.74, 6) is -2.12. The number of nitro benzene ring substituents is 1. The molecule has 0 aromatic heterocycles. The van der Waals surface area contributed by atoms with Crippen molar-refractivity contribution >= 4 is 15.8 Å². The summed E-state index contributed by atoms with van der Waals surface area (Å²) < 4.78 is 68.1. The predicted octanol–water partition coefficient (Wildman–Crippen LogP) is 3.65. The normalized spacial score (nSPS) is 13.4. The fourth-order valence-corrected chi connectivity index (χ4v) is 2.95. The van der Waals surface area contributed by atoms with Gasteiger partial charge in [0, 0.05) is 12.1 Å². The molecule has 0 radical (unpaired) electrons. The summed E-state index contributed by atoms with van der Waals surface area (Å²) in [5.41, 5.74) is -0.481. The second-order valence-corrected chi connectivity index (χ2v) is 6.61. The summed E-state index contributed by atoms with van der Waals surface area (Å²) in [4.78, 5) is 9.35. The van der Waals surface area contributed by atoms with E-state index in [0.29, 0.717) is 0 Å². The molecular formula is C15H12F3NO5S. The highest BCUT2D eigenvalue weighted by Crippen LogP contribution is 2.35. The van der Waals surface area contributed by atoms with Crippen molar-refractivity contribution in [2.24, 2.45) is 0 Å². The molecule has 0 aliphatic heterocycles. The molecule has 2 aromatic rings. The van der Waals surface area contributed by atoms with Crippen molar-refractivity contribution < 1.29 is 30.7 Å². The molecule has 1 unspecified atom stereocenters. The standard InChI is InChI=1S/C15H12F3NO5S/c16-15(17,18)14(11-4-2-1-3-5-11)10-24-25(22,23)13-8-6-12(7-9-13)19(20)21/h1-9,14H,10H2. The number of rotatable bonds is 6. The third-order valence-corrected chi connectivity index (χ3v) is 4.62. The van der Waals surface area contributed by atoms with Gasteiger partial charge in [-0.1, -0.05) is 30.3 Å². The Morgan fingerprint density at radius 1 is 1.04 bits per heavy atom. The number of hydrogen-bond donors (Lipinski definition) is 0. The Morgan fingerprint density at radius 2 is 1.60 bits per heavy atom. The van der Waals surface area contributed by atoms with E-state index < -0.39 is 38.6 Å². The minimum atomic E-state index is -4.70. The highest BCUT2D eigenvalue weighted by molar-refractivity contribution is 7.86. The lowest BCUT2D eigenvalue weighted by molar-refractivity contribution is -0.384. The van der Waals surface area contributed by atoms with Gasteiger partial charge in [-0.15, -0.1) is 0 Å². The van der Waals surface area contributed by atoms with Gasteiger partial charge in [0.2, 0.25) is 0 Å². The number of alkyl halides is 3. The van der Waals surface area contributed by atoms with Crippen molar-refractivity contribution in [1.82, 2.24) is 0 Å². The van der Waals surface area contributed by atoms with Crippen LogP contribution in [0.25, 0.3) is 0 Å². The van der Waals surface area contributed by atoms with Crippen LogP contribution in [0.1, 0.15) is 11.5 Å². The Labute approximate surface area is 141 Å². The molecule has 0 amide bonds. The monoisotopic (exact) mass is 375 g/mol. The van der Waals surface area contributed by atoms with Crippen molar-refractivity contribution in [2.75, 3.05) is 6.61 Å². The fourth-order valence-electron chi connectivity index (χ4n) is 2.03. The molecule has 0 saturated heterocycles. The molecule has 0 fully saturated rings. The molecule has 0 saturated carbocycles. The quantitative estimate of drug-likeness (QED) is 0.437. The van der Waals surface area contributed by atoms with Crippen molar-refractivity contribution in [3.05, 3.63) is 70.3 Å². The molecule has 2 rings (SSSR count). The van der Waals surface area contributed by atoms with E-state index in [-0.39, 0.29) is 11.3 Å². The lowest BCUT2D eigenvalue weighted by Crippen LogP contribution is -2.26. The SMILES string of the molecule is O=[N+]([O-])c1ccc(S(=O)(=O)OCC(c2ccccc2)C(F)(F)F)cc1. The van der Waals surface area contributed by atoms with Crippen LogP contribution in [0.3, 0.4) is 0 Å². The van der Waals surface area contributed by atoms with Gasteiger partial charge in [-0.05, 0) is 17.7 Å². The van der Waals surface area contributed by atoms with Crippen LogP contribution in [0.5, 0.6) is 0 Å². The molecule has 10 heteroatoms. The third kappa shape index (κ3) is 4.77. The van der Waals surface area contributed by atoms with Crippen LogP contribution in [-0.2, 0) is 14.3 Å². The summed E-state index contributed by atoms with van der Waals surface area (Å²) >= 11 is 0. The average molecular weight is 375 g/mol. The number of hydrogen-bond acceptors (Lipinski definition) is 5. The summed E-state index contributed by atoms with van der Waals surface area (Å²) in [6.45, 7) is -1.13. The van der Waals surface area contributed by atoms with Crippen LogP contribution in [0.2, 0.25) is 0 Å². The molecule has 25 heavy (non-hydrogen) atoms. The van der Waals surface area contributed by atoms with E-state index in [9.17, 15) is 31.7 Å². The van der Waals surface area contributed by atoms with Gasteiger partial charge in [-0.25, -0.2) is 0 Å². The largest absolute Gasteiger partial charge is 0.398 e. The summed E-state index contributed by atoms with van der Waals surface area (Å²) in [6.07, 6.45) is -4.70. The minimum absolute atomic E-state index is 0.131. The van der Waals surface area contributed by atoms with Gasteiger partial charge in [0.25, 0.3) is 15.8 Å². The molecule has 0 N–H and O–H groups in total. The van der Waals surface area contributed by atoms with Gasteiger partial charge in [0.05, 0.1) is 16.4 Å². The molecule has 0 heterocycles. The van der Waals surface area contributed by atoms with Crippen LogP contribution in [0.15, 0.2) is 59.5 Å². The molecule has 0 spiro atoms. The lowest BCUT2D eigenvalue weighted by atomic mass is 10.00. The first-order valence-corrected chi connectivity index (χ1v) is 8.27. The number of nitrogens with zero attached hydrogens (tertiary/aromatic N) is 1. The molecule has 0 aliphatic rings. The van der Waals surface area contributed by atoms with Crippen molar-refractivity contribution in [3.63, 3.8) is 0 Å². The van der Waals surface area contributed by atoms with Gasteiger partial charge in [0.1, 0.15) is 5.92 Å². The first-order valence-electron chi connectivity index (χ1n) is 6.87. The Kier molecular flexibility index (Phi) is 5.43. The molecule has 0 aliphatic carbocycles. The van der Waals surface area contributed by atoms with Crippen LogP contribution in [0.4, 0.5) is 18.9 Å². The number of benzene rings is 2. The molecule has 6 nitrogen and oxygen atoms in total. The average Bonchev–Trinajstić information content (AvgIpc) is 2.54. The highest BCUT2D eigenvalue weighted by Gasteiger charge is 2.41. The van der Waals surface area contributed by atoms with Crippen molar-refractivity contribution in [2.45, 2.75) is 17.0 Å². The van der Waals surface area contributed by atoms with Crippen LogP contribution in [0, 0.1) is 10.1 Å². The zero-order valence-corrected chi connectivity index (χ0v) is 13.3. The molecule has 0 bridgehead atoms. The van der Waals surface area contributed by atoms with Gasteiger partial charge < -0.3 is 0 Å². The maximum Gasteiger partial charge on any atom is 0.398 e. The van der Waals surface area contributed by atoms with Crippen LogP contribution >= 0.6 is 0 Å². The fraction of sp³-hybridized carbons (Fsp3) is 0.200.